The van der Waals surface area contributed by atoms with E-state index in [0.29, 0.717) is 24.8 Å². The number of carbonyl (C=O) groups is 1. The largest absolute Gasteiger partial charge is 0.418 e. The maximum atomic E-state index is 13.0. The van der Waals surface area contributed by atoms with Crippen LogP contribution in [0.1, 0.15) is 23.2 Å². The first-order valence-corrected chi connectivity index (χ1v) is 7.79. The molecule has 1 aliphatic carbocycles. The van der Waals surface area contributed by atoms with Crippen LogP contribution in [0.5, 0.6) is 0 Å². The second-order valence-corrected chi connectivity index (χ2v) is 6.05. The predicted octanol–water partition coefficient (Wildman–Crippen LogP) is 2.54. The van der Waals surface area contributed by atoms with Crippen molar-refractivity contribution in [3.63, 3.8) is 0 Å². The van der Waals surface area contributed by atoms with Gasteiger partial charge in [0.25, 0.3) is 5.56 Å². The molecular formula is C17H16F3N3O2. The van der Waals surface area contributed by atoms with Gasteiger partial charge < -0.3 is 5.32 Å². The van der Waals surface area contributed by atoms with Crippen LogP contribution in [0.3, 0.4) is 0 Å². The van der Waals surface area contributed by atoms with Crippen LogP contribution in [-0.2, 0) is 30.9 Å². The van der Waals surface area contributed by atoms with E-state index in [1.165, 1.54) is 28.9 Å². The molecule has 5 nitrogen and oxygen atoms in total. The minimum Gasteiger partial charge on any atom is -0.325 e. The van der Waals surface area contributed by atoms with Crippen molar-refractivity contribution in [2.24, 2.45) is 13.0 Å². The zero-order chi connectivity index (χ0) is 18.2. The Morgan fingerprint density at radius 1 is 1.32 bits per heavy atom. The molecule has 1 atom stereocenters. The molecule has 25 heavy (non-hydrogen) atoms. The summed E-state index contributed by atoms with van der Waals surface area (Å²) >= 11 is 0. The highest BCUT2D eigenvalue weighted by atomic mass is 19.4. The number of aryl methyl sites for hydroxylation is 2. The fourth-order valence-corrected chi connectivity index (χ4v) is 2.98. The van der Waals surface area contributed by atoms with Crippen molar-refractivity contribution >= 4 is 11.6 Å². The molecule has 1 N–H and O–H groups in total. The van der Waals surface area contributed by atoms with Crippen LogP contribution < -0.4 is 10.9 Å². The van der Waals surface area contributed by atoms with Gasteiger partial charge in [-0.05, 0) is 37.0 Å². The molecule has 1 heterocycles. The summed E-state index contributed by atoms with van der Waals surface area (Å²) in [5, 5.41) is 6.54. The van der Waals surface area contributed by atoms with Gasteiger partial charge in [-0.1, -0.05) is 12.1 Å². The summed E-state index contributed by atoms with van der Waals surface area (Å²) in [5.41, 5.74) is 0.0191. The molecule has 2 aromatic rings. The van der Waals surface area contributed by atoms with Crippen LogP contribution in [0, 0.1) is 5.92 Å². The smallest absolute Gasteiger partial charge is 0.325 e. The molecule has 0 fully saturated rings. The standard InChI is InChI=1S/C17H16F3N3O2/c1-23-15(24)9-11-8-10(6-7-13(11)22-23)16(25)21-14-5-3-2-4-12(14)17(18,19)20/h2-5,9-10H,6-8H2,1H3,(H,21,25). The van der Waals surface area contributed by atoms with Gasteiger partial charge in [0.15, 0.2) is 0 Å². The number of benzene rings is 1. The van der Waals surface area contributed by atoms with E-state index in [-0.39, 0.29) is 11.2 Å². The summed E-state index contributed by atoms with van der Waals surface area (Å²) in [6.45, 7) is 0. The number of para-hydroxylation sites is 1. The van der Waals surface area contributed by atoms with Crippen molar-refractivity contribution in [1.82, 2.24) is 9.78 Å². The molecule has 1 unspecified atom stereocenters. The Hall–Kier alpha value is -2.64. The monoisotopic (exact) mass is 351 g/mol. The number of fused-ring (bicyclic) bond motifs is 1. The third kappa shape index (κ3) is 3.57. The highest BCUT2D eigenvalue weighted by molar-refractivity contribution is 5.93. The Bertz CT molecular complexity index is 874. The fourth-order valence-electron chi connectivity index (χ4n) is 2.98. The number of nitrogens with zero attached hydrogens (tertiary/aromatic N) is 2. The molecule has 3 rings (SSSR count). The highest BCUT2D eigenvalue weighted by Crippen LogP contribution is 2.35. The van der Waals surface area contributed by atoms with Gasteiger partial charge in [0.1, 0.15) is 0 Å². The topological polar surface area (TPSA) is 64.0 Å². The maximum Gasteiger partial charge on any atom is 0.418 e. The molecule has 0 saturated carbocycles. The van der Waals surface area contributed by atoms with Crippen molar-refractivity contribution in [3.8, 4) is 0 Å². The van der Waals surface area contributed by atoms with E-state index in [9.17, 15) is 22.8 Å². The molecular weight excluding hydrogens is 335 g/mol. The van der Waals surface area contributed by atoms with Gasteiger partial charge in [0.2, 0.25) is 5.91 Å². The summed E-state index contributed by atoms with van der Waals surface area (Å²) in [7, 11) is 1.55. The van der Waals surface area contributed by atoms with E-state index in [0.717, 1.165) is 11.8 Å². The van der Waals surface area contributed by atoms with Crippen LogP contribution in [-0.4, -0.2) is 15.7 Å². The van der Waals surface area contributed by atoms with Crippen LogP contribution >= 0.6 is 0 Å². The molecule has 8 heteroatoms. The Balaban J connectivity index is 1.80. The lowest BCUT2D eigenvalue weighted by Gasteiger charge is -2.24. The van der Waals surface area contributed by atoms with Gasteiger partial charge in [-0.25, -0.2) is 4.68 Å². The average Bonchev–Trinajstić information content (AvgIpc) is 2.55. The maximum absolute atomic E-state index is 13.0. The zero-order valence-electron chi connectivity index (χ0n) is 13.4. The van der Waals surface area contributed by atoms with E-state index in [1.807, 2.05) is 0 Å². The summed E-state index contributed by atoms with van der Waals surface area (Å²) in [6.07, 6.45) is -3.28. The molecule has 0 radical (unpaired) electrons. The number of alkyl halides is 3. The lowest BCUT2D eigenvalue weighted by atomic mass is 9.86. The van der Waals surface area contributed by atoms with Gasteiger partial charge in [-0.15, -0.1) is 0 Å². The second kappa shape index (κ2) is 6.34. The van der Waals surface area contributed by atoms with Gasteiger partial charge in [0, 0.05) is 19.0 Å². The third-order valence-electron chi connectivity index (χ3n) is 4.32. The van der Waals surface area contributed by atoms with E-state index in [1.54, 1.807) is 7.05 Å². The molecule has 0 bridgehead atoms. The van der Waals surface area contributed by atoms with Crippen LogP contribution in [0.25, 0.3) is 0 Å². The second-order valence-electron chi connectivity index (χ2n) is 6.05. The van der Waals surface area contributed by atoms with E-state index in [4.69, 9.17) is 0 Å². The van der Waals surface area contributed by atoms with Crippen molar-refractivity contribution in [2.75, 3.05) is 5.32 Å². The molecule has 0 spiro atoms. The number of hydrogen-bond acceptors (Lipinski definition) is 3. The first-order valence-electron chi connectivity index (χ1n) is 7.79. The van der Waals surface area contributed by atoms with Crippen molar-refractivity contribution < 1.29 is 18.0 Å². The van der Waals surface area contributed by atoms with Crippen LogP contribution in [0.2, 0.25) is 0 Å². The molecule has 132 valence electrons. The summed E-state index contributed by atoms with van der Waals surface area (Å²) < 4.78 is 40.3. The lowest BCUT2D eigenvalue weighted by molar-refractivity contribution is -0.137. The Morgan fingerprint density at radius 2 is 2.04 bits per heavy atom. The minimum atomic E-state index is -4.54. The average molecular weight is 351 g/mol. The van der Waals surface area contributed by atoms with Crippen LogP contribution in [0.15, 0.2) is 35.1 Å². The number of nitrogens with one attached hydrogen (secondary N) is 1. The summed E-state index contributed by atoms with van der Waals surface area (Å²) in [4.78, 5) is 24.1. The van der Waals surface area contributed by atoms with Gasteiger partial charge in [-0.2, -0.15) is 18.3 Å². The molecule has 1 aliphatic rings. The van der Waals surface area contributed by atoms with E-state index < -0.39 is 23.6 Å². The minimum absolute atomic E-state index is 0.257. The number of carbonyl (C=O) groups excluding carboxylic acids is 1. The number of anilines is 1. The van der Waals surface area contributed by atoms with Crippen molar-refractivity contribution in [1.29, 1.82) is 0 Å². The number of aromatic nitrogens is 2. The number of amides is 1. The van der Waals surface area contributed by atoms with Gasteiger partial charge >= 0.3 is 6.18 Å². The quantitative estimate of drug-likeness (QED) is 0.904. The molecule has 0 aliphatic heterocycles. The lowest BCUT2D eigenvalue weighted by Crippen LogP contribution is -2.32. The SMILES string of the molecule is Cn1nc2c(cc1=O)CC(C(=O)Nc1ccccc1C(F)(F)F)CC2. The van der Waals surface area contributed by atoms with E-state index in [2.05, 4.69) is 10.4 Å². The Morgan fingerprint density at radius 3 is 2.76 bits per heavy atom. The summed E-state index contributed by atoms with van der Waals surface area (Å²) in [5.74, 6) is -0.981. The molecule has 1 amide bonds. The first-order chi connectivity index (χ1) is 11.8. The Labute approximate surface area is 141 Å². The number of rotatable bonds is 2. The molecule has 1 aromatic heterocycles. The van der Waals surface area contributed by atoms with Gasteiger partial charge in [-0.3, -0.25) is 9.59 Å². The number of halogens is 3. The normalized spacial score (nSPS) is 17.0. The molecule has 1 aromatic carbocycles. The first kappa shape index (κ1) is 17.2. The Kier molecular flexibility index (Phi) is 4.36. The third-order valence-corrected chi connectivity index (χ3v) is 4.32. The van der Waals surface area contributed by atoms with E-state index >= 15 is 0 Å². The van der Waals surface area contributed by atoms with Crippen molar-refractivity contribution in [2.45, 2.75) is 25.4 Å². The van der Waals surface area contributed by atoms with Gasteiger partial charge in [0.05, 0.1) is 16.9 Å². The highest BCUT2D eigenvalue weighted by Gasteiger charge is 2.34. The predicted molar refractivity (Wildman–Crippen MR) is 85.1 cm³/mol. The summed E-state index contributed by atoms with van der Waals surface area (Å²) in [6, 6.07) is 6.31. The van der Waals surface area contributed by atoms with Crippen LogP contribution in [0.4, 0.5) is 18.9 Å². The zero-order valence-corrected chi connectivity index (χ0v) is 13.4. The number of hydrogen-bond donors (Lipinski definition) is 1. The van der Waals surface area contributed by atoms with Crippen molar-refractivity contribution in [3.05, 3.63) is 57.5 Å². The fraction of sp³-hybridized carbons (Fsp3) is 0.353. The molecule has 0 saturated heterocycles.